The van der Waals surface area contributed by atoms with Gasteiger partial charge in [-0.3, -0.25) is 0 Å². The Labute approximate surface area is 141 Å². The van der Waals surface area contributed by atoms with E-state index in [4.69, 9.17) is 5.73 Å². The van der Waals surface area contributed by atoms with Crippen LogP contribution in [0.4, 0.5) is 0 Å². The third-order valence-electron chi connectivity index (χ3n) is 3.60. The Morgan fingerprint density at radius 3 is 2.33 bits per heavy atom. The van der Waals surface area contributed by atoms with E-state index in [9.17, 15) is 0 Å². The van der Waals surface area contributed by atoms with Gasteiger partial charge < -0.3 is 5.73 Å². The number of nitrogens with two attached hydrogens (primary N) is 1. The maximum atomic E-state index is 6.37. The molecule has 0 saturated heterocycles. The molecule has 0 spiro atoms. The van der Waals surface area contributed by atoms with E-state index in [0.717, 1.165) is 15.4 Å². The van der Waals surface area contributed by atoms with Crippen molar-refractivity contribution in [3.05, 3.63) is 80.7 Å². The Morgan fingerprint density at radius 2 is 1.52 bits per heavy atom. The zero-order valence-corrected chi connectivity index (χ0v) is 14.6. The van der Waals surface area contributed by atoms with Gasteiger partial charge in [0.1, 0.15) is 0 Å². The van der Waals surface area contributed by atoms with Crippen LogP contribution in [0, 0.1) is 0 Å². The number of hydrogen-bond acceptors (Lipinski definition) is 1. The molecule has 2 N–H and O–H groups in total. The molecule has 1 atom stereocenters. The number of rotatable bonds is 3. The van der Waals surface area contributed by atoms with Gasteiger partial charge in [-0.25, -0.2) is 0 Å². The van der Waals surface area contributed by atoms with Gasteiger partial charge in [-0.05, 0) is 58.7 Å². The van der Waals surface area contributed by atoms with Crippen molar-refractivity contribution in [3.63, 3.8) is 0 Å². The largest absolute Gasteiger partial charge is 0.324 e. The number of halogens is 2. The van der Waals surface area contributed by atoms with Crippen molar-refractivity contribution in [2.45, 2.75) is 12.5 Å². The van der Waals surface area contributed by atoms with Crippen LogP contribution in [0.1, 0.15) is 17.2 Å². The molecule has 0 bridgehead atoms. The van der Waals surface area contributed by atoms with E-state index in [1.807, 2.05) is 12.1 Å². The highest BCUT2D eigenvalue weighted by Crippen LogP contribution is 2.25. The summed E-state index contributed by atoms with van der Waals surface area (Å²) >= 11 is 7.00. The Kier molecular flexibility index (Phi) is 4.43. The molecular weight excluding hydrogens is 390 g/mol. The molecule has 3 rings (SSSR count). The fourth-order valence-corrected chi connectivity index (χ4v) is 3.33. The van der Waals surface area contributed by atoms with E-state index in [0.29, 0.717) is 0 Å². The molecule has 0 aliphatic rings. The van der Waals surface area contributed by atoms with Gasteiger partial charge >= 0.3 is 0 Å². The summed E-state index contributed by atoms with van der Waals surface area (Å²) in [5.41, 5.74) is 8.79. The highest BCUT2D eigenvalue weighted by atomic mass is 79.9. The molecule has 106 valence electrons. The molecule has 0 saturated carbocycles. The summed E-state index contributed by atoms with van der Waals surface area (Å²) < 4.78 is 2.19. The lowest BCUT2D eigenvalue weighted by Gasteiger charge is -2.13. The molecule has 1 unspecified atom stereocenters. The van der Waals surface area contributed by atoms with Gasteiger partial charge in [-0.15, -0.1) is 0 Å². The molecule has 3 aromatic carbocycles. The van der Waals surface area contributed by atoms with Crippen molar-refractivity contribution in [2.24, 2.45) is 5.73 Å². The van der Waals surface area contributed by atoms with Crippen LogP contribution in [0.2, 0.25) is 0 Å². The molecule has 0 amide bonds. The predicted octanol–water partition coefficient (Wildman–Crippen LogP) is 5.61. The molecule has 0 heterocycles. The van der Waals surface area contributed by atoms with E-state index in [2.05, 4.69) is 80.4 Å². The quantitative estimate of drug-likeness (QED) is 0.603. The number of benzene rings is 3. The lowest BCUT2D eigenvalue weighted by Crippen LogP contribution is -2.13. The summed E-state index contributed by atoms with van der Waals surface area (Å²) in [6.07, 6.45) is 0.835. The average Bonchev–Trinajstić information content (AvgIpc) is 2.46. The third-order valence-corrected chi connectivity index (χ3v) is 4.59. The maximum Gasteiger partial charge on any atom is 0.0335 e. The second-order valence-electron chi connectivity index (χ2n) is 5.19. The topological polar surface area (TPSA) is 26.0 Å². The lowest BCUT2D eigenvalue weighted by molar-refractivity contribution is 0.723. The molecule has 1 nitrogen and oxygen atoms in total. The normalized spacial score (nSPS) is 12.5. The van der Waals surface area contributed by atoms with Crippen LogP contribution in [0.15, 0.2) is 69.6 Å². The van der Waals surface area contributed by atoms with Crippen LogP contribution in [0.3, 0.4) is 0 Å². The highest BCUT2D eigenvalue weighted by Gasteiger charge is 2.08. The van der Waals surface area contributed by atoms with E-state index in [1.54, 1.807) is 0 Å². The maximum absolute atomic E-state index is 6.37. The van der Waals surface area contributed by atoms with Crippen molar-refractivity contribution in [2.75, 3.05) is 0 Å². The molecule has 21 heavy (non-hydrogen) atoms. The van der Waals surface area contributed by atoms with Gasteiger partial charge in [-0.2, -0.15) is 0 Å². The van der Waals surface area contributed by atoms with Crippen LogP contribution in [0.25, 0.3) is 10.8 Å². The van der Waals surface area contributed by atoms with Gasteiger partial charge in [0.2, 0.25) is 0 Å². The summed E-state index contributed by atoms with van der Waals surface area (Å²) in [6.45, 7) is 0. The first-order chi connectivity index (χ1) is 10.1. The zero-order valence-electron chi connectivity index (χ0n) is 11.4. The van der Waals surface area contributed by atoms with Crippen LogP contribution in [0.5, 0.6) is 0 Å². The fourth-order valence-electron chi connectivity index (χ4n) is 2.50. The summed E-state index contributed by atoms with van der Waals surface area (Å²) in [5.74, 6) is 0. The monoisotopic (exact) mass is 403 g/mol. The minimum atomic E-state index is 0.00680. The first-order valence-corrected chi connectivity index (χ1v) is 8.40. The first-order valence-electron chi connectivity index (χ1n) is 6.81. The van der Waals surface area contributed by atoms with Crippen molar-refractivity contribution in [1.29, 1.82) is 0 Å². The van der Waals surface area contributed by atoms with E-state index in [-0.39, 0.29) is 6.04 Å². The summed E-state index contributed by atoms with van der Waals surface area (Å²) in [7, 11) is 0. The first kappa shape index (κ1) is 14.8. The minimum Gasteiger partial charge on any atom is -0.324 e. The van der Waals surface area contributed by atoms with Gasteiger partial charge in [0.25, 0.3) is 0 Å². The van der Waals surface area contributed by atoms with Gasteiger partial charge in [0.05, 0.1) is 0 Å². The molecule has 3 heteroatoms. The second kappa shape index (κ2) is 6.30. The predicted molar refractivity (Wildman–Crippen MR) is 96.4 cm³/mol. The Bertz CT molecular complexity index is 783. The summed E-state index contributed by atoms with van der Waals surface area (Å²) in [6, 6.07) is 21.1. The molecule has 0 fully saturated rings. The molecule has 0 radical (unpaired) electrons. The summed E-state index contributed by atoms with van der Waals surface area (Å²) in [5, 5.41) is 2.45. The van der Waals surface area contributed by atoms with Crippen molar-refractivity contribution in [3.8, 4) is 0 Å². The zero-order chi connectivity index (χ0) is 14.8. The molecule has 0 aromatic heterocycles. The Hall–Kier alpha value is -1.16. The van der Waals surface area contributed by atoms with Crippen molar-refractivity contribution < 1.29 is 0 Å². The molecular formula is C18H15Br2N. The van der Waals surface area contributed by atoms with Crippen LogP contribution in [-0.4, -0.2) is 0 Å². The van der Waals surface area contributed by atoms with Gasteiger partial charge in [0, 0.05) is 15.0 Å². The molecule has 3 aromatic rings. The van der Waals surface area contributed by atoms with Crippen LogP contribution in [-0.2, 0) is 6.42 Å². The smallest absolute Gasteiger partial charge is 0.0335 e. The van der Waals surface area contributed by atoms with Crippen molar-refractivity contribution in [1.82, 2.24) is 0 Å². The Morgan fingerprint density at radius 1 is 0.810 bits per heavy atom. The standard InChI is InChI=1S/C18H15Br2N/c19-16-3-1-2-12(8-16)9-18(21)15-5-4-14-11-17(20)7-6-13(14)10-15/h1-8,10-11,18H,9,21H2. The third kappa shape index (κ3) is 3.54. The average molecular weight is 405 g/mol. The fraction of sp³-hybridized carbons (Fsp3) is 0.111. The van der Waals surface area contributed by atoms with E-state index < -0.39 is 0 Å². The SMILES string of the molecule is NC(Cc1cccc(Br)c1)c1ccc2cc(Br)ccc2c1. The minimum absolute atomic E-state index is 0.00680. The number of hydrogen-bond donors (Lipinski definition) is 1. The van der Waals surface area contributed by atoms with Gasteiger partial charge in [-0.1, -0.05) is 62.2 Å². The van der Waals surface area contributed by atoms with E-state index in [1.165, 1.54) is 21.9 Å². The van der Waals surface area contributed by atoms with Gasteiger partial charge in [0.15, 0.2) is 0 Å². The van der Waals surface area contributed by atoms with E-state index >= 15 is 0 Å². The van der Waals surface area contributed by atoms with Crippen molar-refractivity contribution >= 4 is 42.6 Å². The molecule has 0 aliphatic heterocycles. The summed E-state index contributed by atoms with van der Waals surface area (Å²) in [4.78, 5) is 0. The Balaban J connectivity index is 1.87. The highest BCUT2D eigenvalue weighted by molar-refractivity contribution is 9.10. The second-order valence-corrected chi connectivity index (χ2v) is 7.02. The van der Waals surface area contributed by atoms with Crippen LogP contribution >= 0.6 is 31.9 Å². The lowest BCUT2D eigenvalue weighted by atomic mass is 9.97. The number of fused-ring (bicyclic) bond motifs is 1. The molecule has 0 aliphatic carbocycles. The van der Waals surface area contributed by atoms with Crippen LogP contribution < -0.4 is 5.73 Å².